The molecule has 1 saturated heterocycles. The zero-order chi connectivity index (χ0) is 14.5. The molecule has 2 rings (SSSR count). The summed E-state index contributed by atoms with van der Waals surface area (Å²) < 4.78 is 5.44. The van der Waals surface area contributed by atoms with E-state index in [9.17, 15) is 5.11 Å². The van der Waals surface area contributed by atoms with Crippen molar-refractivity contribution < 1.29 is 9.84 Å². The highest BCUT2D eigenvalue weighted by Gasteiger charge is 2.52. The molecule has 1 aliphatic rings. The second-order valence-corrected chi connectivity index (χ2v) is 7.41. The Morgan fingerprint density at radius 2 is 1.68 bits per heavy atom. The molecule has 106 valence electrons. The van der Waals surface area contributed by atoms with E-state index in [0.29, 0.717) is 13.2 Å². The lowest BCUT2D eigenvalue weighted by Crippen LogP contribution is -2.61. The quantitative estimate of drug-likeness (QED) is 0.886. The first-order chi connectivity index (χ1) is 8.58. The van der Waals surface area contributed by atoms with Crippen LogP contribution in [0.5, 0.6) is 0 Å². The second kappa shape index (κ2) is 4.32. The average molecular weight is 262 g/mol. The summed E-state index contributed by atoms with van der Waals surface area (Å²) in [6.45, 7) is 13.8. The van der Waals surface area contributed by atoms with Gasteiger partial charge in [0, 0.05) is 0 Å². The lowest BCUT2D eigenvalue weighted by atomic mass is 9.65. The Hall–Kier alpha value is -0.860. The molecule has 0 aliphatic carbocycles. The molecule has 1 heterocycles. The zero-order valence-electron chi connectivity index (χ0n) is 13.0. The van der Waals surface area contributed by atoms with Crippen molar-refractivity contribution in [1.29, 1.82) is 0 Å². The predicted molar refractivity (Wildman–Crippen MR) is 78.7 cm³/mol. The van der Waals surface area contributed by atoms with Crippen LogP contribution in [0, 0.1) is 6.92 Å². The van der Waals surface area contributed by atoms with E-state index in [1.165, 1.54) is 16.7 Å². The van der Waals surface area contributed by atoms with Crippen LogP contribution in [0.3, 0.4) is 0 Å². The van der Waals surface area contributed by atoms with Crippen LogP contribution in [0.4, 0.5) is 0 Å². The van der Waals surface area contributed by atoms with Crippen LogP contribution in [0.15, 0.2) is 18.2 Å². The van der Waals surface area contributed by atoms with Crippen LogP contribution in [0.1, 0.15) is 51.3 Å². The van der Waals surface area contributed by atoms with Gasteiger partial charge in [-0.05, 0) is 42.9 Å². The van der Waals surface area contributed by atoms with E-state index in [1.807, 2.05) is 13.8 Å². The van der Waals surface area contributed by atoms with Gasteiger partial charge in [-0.1, -0.05) is 39.0 Å². The van der Waals surface area contributed by atoms with E-state index in [2.05, 4.69) is 45.9 Å². The van der Waals surface area contributed by atoms with E-state index in [0.717, 1.165) is 0 Å². The molecule has 0 radical (unpaired) electrons. The summed E-state index contributed by atoms with van der Waals surface area (Å²) in [7, 11) is 0. The lowest BCUT2D eigenvalue weighted by Gasteiger charge is -2.51. The summed E-state index contributed by atoms with van der Waals surface area (Å²) in [6, 6.07) is 6.62. The fraction of sp³-hybridized carbons (Fsp3) is 0.647. The van der Waals surface area contributed by atoms with E-state index >= 15 is 0 Å². The van der Waals surface area contributed by atoms with Crippen molar-refractivity contribution in [1.82, 2.24) is 0 Å². The summed E-state index contributed by atoms with van der Waals surface area (Å²) in [5.74, 6) is 0. The highest BCUT2D eigenvalue weighted by Crippen LogP contribution is 2.44. The van der Waals surface area contributed by atoms with Gasteiger partial charge in [-0.3, -0.25) is 0 Å². The van der Waals surface area contributed by atoms with Crippen LogP contribution in [-0.4, -0.2) is 23.9 Å². The van der Waals surface area contributed by atoms with Gasteiger partial charge in [-0.15, -0.1) is 0 Å². The number of aryl methyl sites for hydroxylation is 1. The Bertz CT molecular complexity index is 471. The molecular formula is C17H26O2. The van der Waals surface area contributed by atoms with Gasteiger partial charge < -0.3 is 9.84 Å². The summed E-state index contributed by atoms with van der Waals surface area (Å²) >= 11 is 0. The van der Waals surface area contributed by atoms with Crippen LogP contribution < -0.4 is 0 Å². The number of rotatable bonds is 2. The Balaban J connectivity index is 2.56. The molecule has 0 amide bonds. The van der Waals surface area contributed by atoms with Gasteiger partial charge in [0.1, 0.15) is 0 Å². The van der Waals surface area contributed by atoms with E-state index in [-0.39, 0.29) is 10.8 Å². The maximum absolute atomic E-state index is 10.6. The molecule has 0 spiro atoms. The van der Waals surface area contributed by atoms with Crippen LogP contribution in [0.25, 0.3) is 0 Å². The largest absolute Gasteiger partial charge is 0.389 e. The number of hydrogen-bond acceptors (Lipinski definition) is 2. The zero-order valence-corrected chi connectivity index (χ0v) is 13.0. The third-order valence-corrected chi connectivity index (χ3v) is 4.49. The molecule has 0 unspecified atom stereocenters. The van der Waals surface area contributed by atoms with Gasteiger partial charge in [-0.25, -0.2) is 0 Å². The molecule has 19 heavy (non-hydrogen) atoms. The van der Waals surface area contributed by atoms with Crippen LogP contribution in [0.2, 0.25) is 0 Å². The van der Waals surface area contributed by atoms with Crippen molar-refractivity contribution in [2.24, 2.45) is 0 Å². The third kappa shape index (κ3) is 2.32. The molecule has 1 aromatic rings. The van der Waals surface area contributed by atoms with Crippen molar-refractivity contribution in [3.63, 3.8) is 0 Å². The summed E-state index contributed by atoms with van der Waals surface area (Å²) in [5, 5.41) is 10.6. The van der Waals surface area contributed by atoms with Gasteiger partial charge in [0.15, 0.2) is 0 Å². The van der Waals surface area contributed by atoms with Crippen molar-refractivity contribution in [2.45, 2.75) is 58.0 Å². The molecular weight excluding hydrogens is 236 g/mol. The molecule has 1 fully saturated rings. The minimum Gasteiger partial charge on any atom is -0.389 e. The Morgan fingerprint density at radius 1 is 1.11 bits per heavy atom. The first kappa shape index (κ1) is 14.5. The van der Waals surface area contributed by atoms with Crippen molar-refractivity contribution in [3.8, 4) is 0 Å². The highest BCUT2D eigenvalue weighted by atomic mass is 16.5. The number of benzene rings is 1. The maximum atomic E-state index is 10.6. The SMILES string of the molecule is Cc1ccc(C(C)(C)C)cc1C1(C(C)(C)O)COC1. The number of aliphatic hydroxyl groups is 1. The van der Waals surface area contributed by atoms with Crippen molar-refractivity contribution in [3.05, 3.63) is 34.9 Å². The normalized spacial score (nSPS) is 19.1. The fourth-order valence-corrected chi connectivity index (χ4v) is 2.75. The number of hydrogen-bond donors (Lipinski definition) is 1. The van der Waals surface area contributed by atoms with Crippen LogP contribution >= 0.6 is 0 Å². The standard InChI is InChI=1S/C17H26O2/c1-12-7-8-13(15(2,3)4)9-14(12)17(10-19-11-17)16(5,6)18/h7-9,18H,10-11H2,1-6H3. The average Bonchev–Trinajstić information content (AvgIpc) is 2.14. The van der Waals surface area contributed by atoms with Gasteiger partial charge in [0.25, 0.3) is 0 Å². The topological polar surface area (TPSA) is 29.5 Å². The molecule has 1 N–H and O–H groups in total. The maximum Gasteiger partial charge on any atom is 0.0732 e. The fourth-order valence-electron chi connectivity index (χ4n) is 2.75. The Morgan fingerprint density at radius 3 is 2.05 bits per heavy atom. The Kier molecular flexibility index (Phi) is 3.31. The molecule has 0 aromatic heterocycles. The third-order valence-electron chi connectivity index (χ3n) is 4.49. The lowest BCUT2D eigenvalue weighted by molar-refractivity contribution is -0.157. The molecule has 2 heteroatoms. The molecule has 1 aromatic carbocycles. The van der Waals surface area contributed by atoms with E-state index < -0.39 is 5.60 Å². The monoisotopic (exact) mass is 262 g/mol. The Labute approximate surface area is 116 Å². The van der Waals surface area contributed by atoms with Gasteiger partial charge >= 0.3 is 0 Å². The minimum absolute atomic E-state index is 0.119. The summed E-state index contributed by atoms with van der Waals surface area (Å²) in [4.78, 5) is 0. The molecule has 2 nitrogen and oxygen atoms in total. The molecule has 0 atom stereocenters. The first-order valence-corrected chi connectivity index (χ1v) is 7.00. The van der Waals surface area contributed by atoms with Crippen molar-refractivity contribution in [2.75, 3.05) is 13.2 Å². The smallest absolute Gasteiger partial charge is 0.0732 e. The van der Waals surface area contributed by atoms with E-state index in [4.69, 9.17) is 4.74 Å². The summed E-state index contributed by atoms with van der Waals surface area (Å²) in [5.41, 5.74) is 2.86. The molecule has 1 aliphatic heterocycles. The number of ether oxygens (including phenoxy) is 1. The van der Waals surface area contributed by atoms with E-state index in [1.54, 1.807) is 0 Å². The molecule has 0 saturated carbocycles. The second-order valence-electron chi connectivity index (χ2n) is 7.41. The first-order valence-electron chi connectivity index (χ1n) is 7.00. The molecule has 0 bridgehead atoms. The van der Waals surface area contributed by atoms with Gasteiger partial charge in [-0.2, -0.15) is 0 Å². The van der Waals surface area contributed by atoms with Crippen molar-refractivity contribution >= 4 is 0 Å². The summed E-state index contributed by atoms with van der Waals surface area (Å²) in [6.07, 6.45) is 0. The van der Waals surface area contributed by atoms with Gasteiger partial charge in [0.2, 0.25) is 0 Å². The minimum atomic E-state index is -0.771. The van der Waals surface area contributed by atoms with Crippen LogP contribution in [-0.2, 0) is 15.6 Å². The predicted octanol–water partition coefficient (Wildman–Crippen LogP) is 3.33. The van der Waals surface area contributed by atoms with Gasteiger partial charge in [0.05, 0.1) is 24.2 Å². The highest BCUT2D eigenvalue weighted by molar-refractivity contribution is 5.42.